The van der Waals surface area contributed by atoms with Crippen LogP contribution in [0.3, 0.4) is 0 Å². The normalized spacial score (nSPS) is 19.5. The van der Waals surface area contributed by atoms with Gasteiger partial charge in [-0.2, -0.15) is 0 Å². The van der Waals surface area contributed by atoms with Gasteiger partial charge in [0.1, 0.15) is 0 Å². The molecule has 142 valence electrons. The molecule has 2 aliphatic rings. The Morgan fingerprint density at radius 1 is 0.880 bits per heavy atom. The standard InChI is InChI=1S/C19H29P.BF4/c1-15(2)16-8-7-13-19(14-16)20(17-9-3-4-10-17)18-11-5-6-12-18;2-1(3,4)5/h7-8,13-15,17-18H,3-6,9-12H2,1-2H3;/q;-1/p+1. The molecule has 0 heterocycles. The molecule has 0 nitrogen and oxygen atoms in total. The van der Waals surface area contributed by atoms with Crippen molar-refractivity contribution >= 4 is 20.5 Å². The minimum absolute atomic E-state index is 0.333. The summed E-state index contributed by atoms with van der Waals surface area (Å²) in [6.45, 7) is 4.66. The predicted molar refractivity (Wildman–Crippen MR) is 103 cm³/mol. The third kappa shape index (κ3) is 6.92. The van der Waals surface area contributed by atoms with Crippen molar-refractivity contribution in [3.8, 4) is 0 Å². The molecule has 0 unspecified atom stereocenters. The maximum Gasteiger partial charge on any atom is 0.673 e. The Kier molecular flexibility index (Phi) is 7.79. The molecule has 2 saturated carbocycles. The van der Waals surface area contributed by atoms with Crippen LogP contribution in [0.1, 0.15) is 76.7 Å². The van der Waals surface area contributed by atoms with Gasteiger partial charge in [-0.05, 0) is 75.0 Å². The quantitative estimate of drug-likeness (QED) is 0.307. The summed E-state index contributed by atoms with van der Waals surface area (Å²) in [4.78, 5) is 0. The van der Waals surface area contributed by atoms with Gasteiger partial charge in [-0.25, -0.2) is 0 Å². The van der Waals surface area contributed by atoms with Crippen LogP contribution in [0.5, 0.6) is 0 Å². The lowest BCUT2D eigenvalue weighted by molar-refractivity contribution is 0.368. The second-order valence-corrected chi connectivity index (χ2v) is 10.8. The zero-order valence-electron chi connectivity index (χ0n) is 15.3. The highest BCUT2D eigenvalue weighted by molar-refractivity contribution is 7.67. The topological polar surface area (TPSA) is 0 Å². The Morgan fingerprint density at radius 2 is 1.32 bits per heavy atom. The number of hydrogen-bond donors (Lipinski definition) is 0. The van der Waals surface area contributed by atoms with Gasteiger partial charge in [0.2, 0.25) is 0 Å². The molecule has 1 aromatic rings. The lowest BCUT2D eigenvalue weighted by Crippen LogP contribution is -2.19. The van der Waals surface area contributed by atoms with Crippen molar-refractivity contribution in [3.05, 3.63) is 29.8 Å². The van der Waals surface area contributed by atoms with Crippen LogP contribution in [-0.2, 0) is 0 Å². The first-order chi connectivity index (χ1) is 11.8. The van der Waals surface area contributed by atoms with Gasteiger partial charge in [-0.1, -0.05) is 26.0 Å². The highest BCUT2D eigenvalue weighted by Gasteiger charge is 2.40. The monoisotopic (exact) mass is 376 g/mol. The smallest absolute Gasteiger partial charge is 0.418 e. The second-order valence-electron chi connectivity index (χ2n) is 7.69. The molecule has 0 aliphatic heterocycles. The summed E-state index contributed by atoms with van der Waals surface area (Å²) in [7, 11) is -6.33. The van der Waals surface area contributed by atoms with E-state index in [0.717, 1.165) is 11.3 Å². The third-order valence-corrected chi connectivity index (χ3v) is 9.37. The molecule has 1 aromatic carbocycles. The van der Waals surface area contributed by atoms with Crippen molar-refractivity contribution in [2.75, 3.05) is 0 Å². The first-order valence-electron chi connectivity index (χ1n) is 9.60. The van der Waals surface area contributed by atoms with E-state index in [2.05, 4.69) is 38.1 Å². The average Bonchev–Trinajstić information content (AvgIpc) is 3.20. The SMILES string of the molecule is CC(C)c1cccc([PH+](C2CCCC2)C2CCCC2)c1.F[B-](F)(F)F. The average molecular weight is 376 g/mol. The zero-order valence-corrected chi connectivity index (χ0v) is 16.3. The van der Waals surface area contributed by atoms with Crippen molar-refractivity contribution in [2.24, 2.45) is 0 Å². The van der Waals surface area contributed by atoms with E-state index in [4.69, 9.17) is 0 Å². The van der Waals surface area contributed by atoms with Crippen molar-refractivity contribution in [3.63, 3.8) is 0 Å². The zero-order chi connectivity index (χ0) is 18.4. The molecule has 0 N–H and O–H groups in total. The first-order valence-corrected chi connectivity index (χ1v) is 11.3. The summed E-state index contributed by atoms with van der Waals surface area (Å²) >= 11 is 0. The fourth-order valence-electron chi connectivity index (χ4n) is 4.36. The summed E-state index contributed by atoms with van der Waals surface area (Å²) < 4.78 is 39.0. The molecule has 0 saturated heterocycles. The van der Waals surface area contributed by atoms with Gasteiger partial charge in [0, 0.05) is 7.92 Å². The first kappa shape index (κ1) is 20.7. The molecular weight excluding hydrogens is 346 g/mol. The Labute approximate surface area is 150 Å². The summed E-state index contributed by atoms with van der Waals surface area (Å²) in [5.41, 5.74) is 3.71. The molecule has 0 spiro atoms. The number of benzene rings is 1. The van der Waals surface area contributed by atoms with Gasteiger partial charge < -0.3 is 17.3 Å². The van der Waals surface area contributed by atoms with Crippen LogP contribution < -0.4 is 5.30 Å². The Morgan fingerprint density at radius 3 is 1.72 bits per heavy atom. The van der Waals surface area contributed by atoms with Crippen molar-refractivity contribution in [1.29, 1.82) is 0 Å². The van der Waals surface area contributed by atoms with E-state index >= 15 is 0 Å². The van der Waals surface area contributed by atoms with Gasteiger partial charge in [0.25, 0.3) is 0 Å². The predicted octanol–water partition coefficient (Wildman–Crippen LogP) is 6.83. The molecule has 25 heavy (non-hydrogen) atoms. The summed E-state index contributed by atoms with van der Waals surface area (Å²) in [5, 5.41) is 1.76. The van der Waals surface area contributed by atoms with E-state index in [1.807, 2.05) is 0 Å². The van der Waals surface area contributed by atoms with Crippen LogP contribution in [0, 0.1) is 0 Å². The third-order valence-electron chi connectivity index (χ3n) is 5.48. The molecule has 6 heteroatoms. The highest BCUT2D eigenvalue weighted by Crippen LogP contribution is 2.56. The summed E-state index contributed by atoms with van der Waals surface area (Å²) in [5.74, 6) is 0.672. The number of halogens is 4. The van der Waals surface area contributed by atoms with E-state index in [9.17, 15) is 17.3 Å². The largest absolute Gasteiger partial charge is 0.673 e. The van der Waals surface area contributed by atoms with Crippen LogP contribution in [0.4, 0.5) is 17.3 Å². The van der Waals surface area contributed by atoms with Crippen LogP contribution in [0.25, 0.3) is 0 Å². The molecule has 0 atom stereocenters. The van der Waals surface area contributed by atoms with Crippen molar-refractivity contribution in [2.45, 2.75) is 82.4 Å². The molecule has 0 amide bonds. The van der Waals surface area contributed by atoms with Gasteiger partial charge in [0.15, 0.2) is 0 Å². The van der Waals surface area contributed by atoms with Crippen molar-refractivity contribution in [1.82, 2.24) is 0 Å². The van der Waals surface area contributed by atoms with E-state index in [1.165, 1.54) is 51.4 Å². The van der Waals surface area contributed by atoms with E-state index in [0.29, 0.717) is 5.92 Å². The molecule has 0 aromatic heterocycles. The Hall–Kier alpha value is -0.565. The fraction of sp³-hybridized carbons (Fsp3) is 0.684. The summed E-state index contributed by atoms with van der Waals surface area (Å²) in [6.07, 6.45) is 12.1. The van der Waals surface area contributed by atoms with Crippen molar-refractivity contribution < 1.29 is 17.3 Å². The molecular formula is C19H30BF4P. The Bertz CT molecular complexity index is 498. The Balaban J connectivity index is 0.000000399. The molecule has 3 rings (SSSR count). The molecule has 2 fully saturated rings. The highest BCUT2D eigenvalue weighted by atomic mass is 31.1. The van der Waals surface area contributed by atoms with Crippen LogP contribution in [0.2, 0.25) is 0 Å². The molecule has 2 aliphatic carbocycles. The van der Waals surface area contributed by atoms with Gasteiger partial charge in [-0.15, -0.1) is 0 Å². The summed E-state index contributed by atoms with van der Waals surface area (Å²) in [6, 6.07) is 9.71. The van der Waals surface area contributed by atoms with E-state index < -0.39 is 7.25 Å². The van der Waals surface area contributed by atoms with Gasteiger partial charge >= 0.3 is 7.25 Å². The van der Waals surface area contributed by atoms with Crippen LogP contribution in [-0.4, -0.2) is 18.6 Å². The lowest BCUT2D eigenvalue weighted by atomic mass is 10.0. The number of hydrogen-bond acceptors (Lipinski definition) is 0. The van der Waals surface area contributed by atoms with E-state index in [1.54, 1.807) is 10.9 Å². The maximum atomic E-state index is 9.75. The van der Waals surface area contributed by atoms with Crippen LogP contribution in [0.15, 0.2) is 24.3 Å². The minimum Gasteiger partial charge on any atom is -0.418 e. The molecule has 0 bridgehead atoms. The second kappa shape index (κ2) is 9.39. The van der Waals surface area contributed by atoms with Gasteiger partial charge in [-0.3, -0.25) is 0 Å². The lowest BCUT2D eigenvalue weighted by Gasteiger charge is -2.23. The maximum absolute atomic E-state index is 9.75. The number of rotatable bonds is 4. The molecule has 0 radical (unpaired) electrons. The van der Waals surface area contributed by atoms with Crippen LogP contribution >= 0.6 is 7.92 Å². The minimum atomic E-state index is -6.00. The fourth-order valence-corrected chi connectivity index (χ4v) is 8.65. The van der Waals surface area contributed by atoms with Gasteiger partial charge in [0.05, 0.1) is 16.6 Å². The van der Waals surface area contributed by atoms with E-state index in [-0.39, 0.29) is 7.92 Å².